The van der Waals surface area contributed by atoms with Gasteiger partial charge in [-0.05, 0) is 26.0 Å². The van der Waals surface area contributed by atoms with Gasteiger partial charge < -0.3 is 10.6 Å². The molecule has 0 fully saturated rings. The molecule has 0 bridgehead atoms. The van der Waals surface area contributed by atoms with E-state index in [-0.39, 0.29) is 6.04 Å². The number of nitrogens with one attached hydrogen (secondary N) is 2. The number of aromatic nitrogens is 4. The first-order chi connectivity index (χ1) is 11.6. The van der Waals surface area contributed by atoms with Crippen LogP contribution in [0.5, 0.6) is 0 Å². The Balaban J connectivity index is 1.98. The van der Waals surface area contributed by atoms with E-state index < -0.39 is 0 Å². The highest BCUT2D eigenvalue weighted by Crippen LogP contribution is 2.21. The molecule has 3 aromatic rings. The second kappa shape index (κ2) is 7.23. The van der Waals surface area contributed by atoms with Crippen LogP contribution in [0.3, 0.4) is 0 Å². The number of anilines is 3. The van der Waals surface area contributed by atoms with Gasteiger partial charge in [0.1, 0.15) is 5.15 Å². The van der Waals surface area contributed by atoms with Crippen molar-refractivity contribution in [3.8, 4) is 11.4 Å². The summed E-state index contributed by atoms with van der Waals surface area (Å²) < 4.78 is 0. The summed E-state index contributed by atoms with van der Waals surface area (Å²) in [7, 11) is 0. The molecule has 1 aromatic carbocycles. The molecule has 2 N–H and O–H groups in total. The maximum atomic E-state index is 5.92. The van der Waals surface area contributed by atoms with E-state index in [4.69, 9.17) is 11.6 Å². The summed E-state index contributed by atoms with van der Waals surface area (Å²) in [6.45, 7) is 4.06. The monoisotopic (exact) mass is 340 g/mol. The summed E-state index contributed by atoms with van der Waals surface area (Å²) in [5.74, 6) is 1.55. The van der Waals surface area contributed by atoms with E-state index in [0.717, 1.165) is 11.3 Å². The fourth-order valence-electron chi connectivity index (χ4n) is 2.08. The molecule has 3 rings (SSSR count). The Hall–Kier alpha value is -2.73. The zero-order chi connectivity index (χ0) is 16.9. The second-order valence-corrected chi connectivity index (χ2v) is 5.85. The van der Waals surface area contributed by atoms with Crippen molar-refractivity contribution in [1.29, 1.82) is 0 Å². The maximum Gasteiger partial charge on any atom is 0.232 e. The van der Waals surface area contributed by atoms with Crippen LogP contribution < -0.4 is 10.6 Å². The van der Waals surface area contributed by atoms with E-state index >= 15 is 0 Å². The maximum absolute atomic E-state index is 5.92. The van der Waals surface area contributed by atoms with Crippen LogP contribution in [0, 0.1) is 0 Å². The topological polar surface area (TPSA) is 75.6 Å². The standard InChI is InChI=1S/C17H17ClN6/c1-11(2)20-16-22-15(12-6-4-3-5-7-12)23-17(24-16)21-13-8-9-19-14(18)10-13/h3-11H,1-2H3,(H2,19,20,21,22,23,24). The van der Waals surface area contributed by atoms with Crippen molar-refractivity contribution in [3.05, 3.63) is 53.8 Å². The van der Waals surface area contributed by atoms with E-state index in [2.05, 4.69) is 30.6 Å². The van der Waals surface area contributed by atoms with Gasteiger partial charge in [-0.25, -0.2) is 4.98 Å². The molecule has 0 unspecified atom stereocenters. The van der Waals surface area contributed by atoms with Crippen molar-refractivity contribution in [1.82, 2.24) is 19.9 Å². The smallest absolute Gasteiger partial charge is 0.232 e. The summed E-state index contributed by atoms with van der Waals surface area (Å²) in [5.41, 5.74) is 1.68. The lowest BCUT2D eigenvalue weighted by Gasteiger charge is -2.12. The summed E-state index contributed by atoms with van der Waals surface area (Å²) in [4.78, 5) is 17.4. The van der Waals surface area contributed by atoms with Gasteiger partial charge in [0.05, 0.1) is 0 Å². The zero-order valence-electron chi connectivity index (χ0n) is 13.4. The number of hydrogen-bond acceptors (Lipinski definition) is 6. The Bertz CT molecular complexity index is 822. The molecule has 2 aromatic heterocycles. The molecule has 122 valence electrons. The van der Waals surface area contributed by atoms with Crippen LogP contribution in [0.15, 0.2) is 48.7 Å². The van der Waals surface area contributed by atoms with Crippen LogP contribution in [-0.4, -0.2) is 26.0 Å². The Morgan fingerprint density at radius 3 is 2.42 bits per heavy atom. The first-order valence-electron chi connectivity index (χ1n) is 7.57. The van der Waals surface area contributed by atoms with Crippen LogP contribution >= 0.6 is 11.6 Å². The van der Waals surface area contributed by atoms with Gasteiger partial charge in [0.25, 0.3) is 0 Å². The highest BCUT2D eigenvalue weighted by molar-refractivity contribution is 6.29. The Labute approximate surface area is 145 Å². The molecule has 0 saturated heterocycles. The van der Waals surface area contributed by atoms with Crippen LogP contribution in [-0.2, 0) is 0 Å². The van der Waals surface area contributed by atoms with Gasteiger partial charge >= 0.3 is 0 Å². The van der Waals surface area contributed by atoms with Gasteiger partial charge in [-0.15, -0.1) is 0 Å². The normalized spacial score (nSPS) is 10.7. The zero-order valence-corrected chi connectivity index (χ0v) is 14.1. The van der Waals surface area contributed by atoms with Gasteiger partial charge in [0.15, 0.2) is 5.82 Å². The summed E-state index contributed by atoms with van der Waals surface area (Å²) in [6.07, 6.45) is 1.62. The van der Waals surface area contributed by atoms with E-state index in [1.165, 1.54) is 0 Å². The van der Waals surface area contributed by atoms with Crippen molar-refractivity contribution < 1.29 is 0 Å². The van der Waals surface area contributed by atoms with Crippen molar-refractivity contribution in [2.75, 3.05) is 10.6 Å². The van der Waals surface area contributed by atoms with E-state index in [1.54, 1.807) is 18.3 Å². The predicted octanol–water partition coefficient (Wildman–Crippen LogP) is 4.15. The molecule has 0 spiro atoms. The van der Waals surface area contributed by atoms with Gasteiger partial charge in [0, 0.05) is 23.5 Å². The van der Waals surface area contributed by atoms with Gasteiger partial charge in [0.2, 0.25) is 11.9 Å². The lowest BCUT2D eigenvalue weighted by molar-refractivity contribution is 0.869. The quantitative estimate of drug-likeness (QED) is 0.679. The number of hydrogen-bond donors (Lipinski definition) is 2. The average molecular weight is 341 g/mol. The van der Waals surface area contributed by atoms with Crippen molar-refractivity contribution in [2.24, 2.45) is 0 Å². The predicted molar refractivity (Wildman–Crippen MR) is 96.6 cm³/mol. The SMILES string of the molecule is CC(C)Nc1nc(Nc2ccnc(Cl)c2)nc(-c2ccccc2)n1. The molecule has 0 saturated carbocycles. The molecule has 0 amide bonds. The molecule has 6 nitrogen and oxygen atoms in total. The second-order valence-electron chi connectivity index (χ2n) is 5.46. The lowest BCUT2D eigenvalue weighted by Crippen LogP contribution is -2.14. The fraction of sp³-hybridized carbons (Fsp3) is 0.176. The molecule has 0 radical (unpaired) electrons. The van der Waals surface area contributed by atoms with E-state index in [1.807, 2.05) is 44.2 Å². The Morgan fingerprint density at radius 1 is 0.958 bits per heavy atom. The first kappa shape index (κ1) is 16.1. The van der Waals surface area contributed by atoms with Crippen molar-refractivity contribution >= 4 is 29.2 Å². The van der Waals surface area contributed by atoms with Crippen LogP contribution in [0.2, 0.25) is 5.15 Å². The Morgan fingerprint density at radius 2 is 1.71 bits per heavy atom. The van der Waals surface area contributed by atoms with Gasteiger partial charge in [-0.3, -0.25) is 0 Å². The molecular formula is C17H17ClN6. The fourth-order valence-corrected chi connectivity index (χ4v) is 2.25. The molecule has 2 heterocycles. The third-order valence-electron chi connectivity index (χ3n) is 3.07. The number of halogens is 1. The molecule has 24 heavy (non-hydrogen) atoms. The number of rotatable bonds is 5. The third-order valence-corrected chi connectivity index (χ3v) is 3.27. The molecule has 7 heteroatoms. The molecule has 0 aliphatic rings. The highest BCUT2D eigenvalue weighted by atomic mass is 35.5. The average Bonchev–Trinajstić information content (AvgIpc) is 2.55. The molecular weight excluding hydrogens is 324 g/mol. The van der Waals surface area contributed by atoms with Crippen molar-refractivity contribution in [3.63, 3.8) is 0 Å². The lowest BCUT2D eigenvalue weighted by atomic mass is 10.2. The molecule has 0 atom stereocenters. The highest BCUT2D eigenvalue weighted by Gasteiger charge is 2.10. The van der Waals surface area contributed by atoms with Crippen LogP contribution in [0.1, 0.15) is 13.8 Å². The van der Waals surface area contributed by atoms with Crippen LogP contribution in [0.4, 0.5) is 17.6 Å². The number of pyridine rings is 1. The number of nitrogens with zero attached hydrogens (tertiary/aromatic N) is 4. The largest absolute Gasteiger partial charge is 0.352 e. The number of benzene rings is 1. The van der Waals surface area contributed by atoms with E-state index in [9.17, 15) is 0 Å². The third kappa shape index (κ3) is 4.17. The minimum atomic E-state index is 0.208. The molecule has 0 aliphatic heterocycles. The molecule has 0 aliphatic carbocycles. The minimum Gasteiger partial charge on any atom is -0.352 e. The Kier molecular flexibility index (Phi) is 4.86. The first-order valence-corrected chi connectivity index (χ1v) is 7.94. The van der Waals surface area contributed by atoms with Gasteiger partial charge in [-0.2, -0.15) is 15.0 Å². The summed E-state index contributed by atoms with van der Waals surface area (Å²) in [6, 6.07) is 13.5. The summed E-state index contributed by atoms with van der Waals surface area (Å²) in [5, 5.41) is 6.75. The summed E-state index contributed by atoms with van der Waals surface area (Å²) >= 11 is 5.92. The van der Waals surface area contributed by atoms with Crippen molar-refractivity contribution in [2.45, 2.75) is 19.9 Å². The van der Waals surface area contributed by atoms with Crippen LogP contribution in [0.25, 0.3) is 11.4 Å². The van der Waals surface area contributed by atoms with Gasteiger partial charge in [-0.1, -0.05) is 41.9 Å². The minimum absolute atomic E-state index is 0.208. The van der Waals surface area contributed by atoms with E-state index in [0.29, 0.717) is 22.9 Å².